The van der Waals surface area contributed by atoms with Gasteiger partial charge in [-0.1, -0.05) is 18.3 Å². The molecule has 1 aromatic heterocycles. The molecule has 0 radical (unpaired) electrons. The summed E-state index contributed by atoms with van der Waals surface area (Å²) in [5.74, 6) is -0.742. The molecule has 0 saturated heterocycles. The number of hydrogen-bond donors (Lipinski definition) is 1. The molecular formula is C9H13F3N4OS. The summed E-state index contributed by atoms with van der Waals surface area (Å²) < 4.78 is 37.0. The lowest BCUT2D eigenvalue weighted by atomic mass is 10.4. The number of carbonyl (C=O) groups excluding carboxylic acids is 1. The van der Waals surface area contributed by atoms with E-state index >= 15 is 0 Å². The van der Waals surface area contributed by atoms with Crippen LogP contribution in [0.5, 0.6) is 0 Å². The van der Waals surface area contributed by atoms with Crippen LogP contribution in [0.25, 0.3) is 0 Å². The summed E-state index contributed by atoms with van der Waals surface area (Å²) in [4.78, 5) is 12.6. The van der Waals surface area contributed by atoms with E-state index in [9.17, 15) is 18.0 Å². The Morgan fingerprint density at radius 1 is 1.44 bits per heavy atom. The first-order valence-electron chi connectivity index (χ1n) is 5.24. The Balaban J connectivity index is 2.81. The molecule has 0 fully saturated rings. The van der Waals surface area contributed by atoms with Crippen molar-refractivity contribution in [2.75, 3.05) is 25.5 Å². The first kappa shape index (κ1) is 14.7. The van der Waals surface area contributed by atoms with Gasteiger partial charge in [-0.3, -0.25) is 4.79 Å². The monoisotopic (exact) mass is 282 g/mol. The molecule has 0 bridgehead atoms. The Labute approximate surface area is 106 Å². The van der Waals surface area contributed by atoms with Crippen molar-refractivity contribution in [1.29, 1.82) is 0 Å². The van der Waals surface area contributed by atoms with Crippen LogP contribution in [0.2, 0.25) is 0 Å². The van der Waals surface area contributed by atoms with Gasteiger partial charge in [0.25, 0.3) is 5.91 Å². The number of aromatic nitrogens is 2. The molecule has 5 nitrogen and oxygen atoms in total. The topological polar surface area (TPSA) is 58.1 Å². The maximum Gasteiger partial charge on any atom is 0.406 e. The van der Waals surface area contributed by atoms with Crippen molar-refractivity contribution in [3.05, 3.63) is 5.01 Å². The van der Waals surface area contributed by atoms with Gasteiger partial charge in [0, 0.05) is 13.6 Å². The molecule has 0 aliphatic heterocycles. The highest BCUT2D eigenvalue weighted by atomic mass is 32.1. The predicted octanol–water partition coefficient (Wildman–Crippen LogP) is 1.99. The molecule has 1 aromatic rings. The van der Waals surface area contributed by atoms with Crippen molar-refractivity contribution in [3.63, 3.8) is 0 Å². The smallest absolute Gasteiger partial charge is 0.363 e. The summed E-state index contributed by atoms with van der Waals surface area (Å²) in [5, 5.41) is 10.2. The average molecular weight is 282 g/mol. The zero-order valence-electron chi connectivity index (χ0n) is 9.91. The summed E-state index contributed by atoms with van der Waals surface area (Å²) in [6, 6.07) is 0. The minimum atomic E-state index is -4.42. The molecule has 0 unspecified atom stereocenters. The standard InChI is InChI=1S/C9H13F3N4OS/c1-3-4-16(5-9(10,11)12)7(17)6-14-15-8(13-2)18-6/h3-5H2,1-2H3,(H,13,15). The fourth-order valence-corrected chi connectivity index (χ4v) is 1.95. The Hall–Kier alpha value is -1.38. The fourth-order valence-electron chi connectivity index (χ4n) is 1.28. The lowest BCUT2D eigenvalue weighted by molar-refractivity contribution is -0.140. The summed E-state index contributed by atoms with van der Waals surface area (Å²) >= 11 is 0.929. The number of rotatable bonds is 5. The molecular weight excluding hydrogens is 269 g/mol. The largest absolute Gasteiger partial charge is 0.406 e. The van der Waals surface area contributed by atoms with Gasteiger partial charge in [0.1, 0.15) is 6.54 Å². The Bertz CT molecular complexity index is 407. The SMILES string of the molecule is CCCN(CC(F)(F)F)C(=O)c1nnc(NC)s1. The number of nitrogens with zero attached hydrogens (tertiary/aromatic N) is 3. The molecule has 1 rings (SSSR count). The number of amides is 1. The number of hydrogen-bond acceptors (Lipinski definition) is 5. The van der Waals surface area contributed by atoms with Gasteiger partial charge in [-0.2, -0.15) is 13.2 Å². The molecule has 1 N–H and O–H groups in total. The van der Waals surface area contributed by atoms with Crippen molar-refractivity contribution in [1.82, 2.24) is 15.1 Å². The number of halogens is 3. The minimum absolute atomic E-state index is 0.0345. The third kappa shape index (κ3) is 4.13. The molecule has 0 aromatic carbocycles. The van der Waals surface area contributed by atoms with E-state index in [-0.39, 0.29) is 11.6 Å². The summed E-state index contributed by atoms with van der Waals surface area (Å²) in [6.45, 7) is 0.469. The number of nitrogens with one attached hydrogen (secondary N) is 1. The molecule has 1 amide bonds. The van der Waals surface area contributed by atoms with Crippen molar-refractivity contribution in [2.45, 2.75) is 19.5 Å². The Morgan fingerprint density at radius 3 is 2.56 bits per heavy atom. The quantitative estimate of drug-likeness (QED) is 0.897. The van der Waals surface area contributed by atoms with E-state index in [1.54, 1.807) is 14.0 Å². The summed E-state index contributed by atoms with van der Waals surface area (Å²) in [5.41, 5.74) is 0. The average Bonchev–Trinajstić information content (AvgIpc) is 2.74. The highest BCUT2D eigenvalue weighted by molar-refractivity contribution is 7.17. The van der Waals surface area contributed by atoms with E-state index in [2.05, 4.69) is 15.5 Å². The fraction of sp³-hybridized carbons (Fsp3) is 0.667. The van der Waals surface area contributed by atoms with Crippen molar-refractivity contribution in [2.24, 2.45) is 0 Å². The van der Waals surface area contributed by atoms with Crippen LogP contribution in [0.4, 0.5) is 18.3 Å². The van der Waals surface area contributed by atoms with Gasteiger partial charge in [0.05, 0.1) is 0 Å². The maximum atomic E-state index is 12.3. The summed E-state index contributed by atoms with van der Waals surface area (Å²) in [6.07, 6.45) is -3.97. The molecule has 102 valence electrons. The second-order valence-corrected chi connectivity index (χ2v) is 4.48. The van der Waals surface area contributed by atoms with Crippen LogP contribution in [0, 0.1) is 0 Å². The summed E-state index contributed by atoms with van der Waals surface area (Å²) in [7, 11) is 1.59. The molecule has 0 saturated carbocycles. The number of carbonyl (C=O) groups is 1. The highest BCUT2D eigenvalue weighted by Crippen LogP contribution is 2.21. The van der Waals surface area contributed by atoms with E-state index < -0.39 is 18.6 Å². The van der Waals surface area contributed by atoms with E-state index in [0.717, 1.165) is 16.2 Å². The lowest BCUT2D eigenvalue weighted by Gasteiger charge is -2.21. The van der Waals surface area contributed by atoms with Gasteiger partial charge in [-0.05, 0) is 6.42 Å². The number of alkyl halides is 3. The van der Waals surface area contributed by atoms with Gasteiger partial charge in [0.2, 0.25) is 10.1 Å². The predicted molar refractivity (Wildman–Crippen MR) is 61.7 cm³/mol. The van der Waals surface area contributed by atoms with Gasteiger partial charge in [-0.15, -0.1) is 10.2 Å². The molecule has 0 aliphatic rings. The minimum Gasteiger partial charge on any atom is -0.363 e. The van der Waals surface area contributed by atoms with Crippen LogP contribution in [0.3, 0.4) is 0 Å². The molecule has 9 heteroatoms. The Kier molecular flexibility index (Phi) is 4.88. The molecule has 0 spiro atoms. The first-order valence-corrected chi connectivity index (χ1v) is 6.06. The molecule has 1 heterocycles. The van der Waals surface area contributed by atoms with Gasteiger partial charge < -0.3 is 10.2 Å². The second kappa shape index (κ2) is 5.98. The van der Waals surface area contributed by atoms with E-state index in [1.807, 2.05) is 0 Å². The molecule has 0 atom stereocenters. The van der Waals surface area contributed by atoms with Gasteiger partial charge in [0.15, 0.2) is 0 Å². The van der Waals surface area contributed by atoms with Gasteiger partial charge >= 0.3 is 6.18 Å². The number of anilines is 1. The Morgan fingerprint density at radius 2 is 2.11 bits per heavy atom. The van der Waals surface area contributed by atoms with Crippen molar-refractivity contribution in [3.8, 4) is 0 Å². The van der Waals surface area contributed by atoms with Crippen molar-refractivity contribution < 1.29 is 18.0 Å². The zero-order chi connectivity index (χ0) is 13.8. The molecule has 0 aliphatic carbocycles. The third-order valence-corrected chi connectivity index (χ3v) is 2.90. The van der Waals surface area contributed by atoms with Crippen LogP contribution in [0.1, 0.15) is 23.1 Å². The highest BCUT2D eigenvalue weighted by Gasteiger charge is 2.34. The molecule has 18 heavy (non-hydrogen) atoms. The van der Waals surface area contributed by atoms with Crippen LogP contribution in [-0.4, -0.2) is 47.3 Å². The van der Waals surface area contributed by atoms with Crippen LogP contribution >= 0.6 is 11.3 Å². The normalized spacial score (nSPS) is 11.4. The van der Waals surface area contributed by atoms with E-state index in [4.69, 9.17) is 0 Å². The van der Waals surface area contributed by atoms with E-state index in [1.165, 1.54) is 0 Å². The van der Waals surface area contributed by atoms with E-state index in [0.29, 0.717) is 11.6 Å². The van der Waals surface area contributed by atoms with Crippen LogP contribution < -0.4 is 5.32 Å². The van der Waals surface area contributed by atoms with Crippen LogP contribution in [0.15, 0.2) is 0 Å². The van der Waals surface area contributed by atoms with Crippen molar-refractivity contribution >= 4 is 22.4 Å². The third-order valence-electron chi connectivity index (χ3n) is 1.97. The zero-order valence-corrected chi connectivity index (χ0v) is 10.7. The van der Waals surface area contributed by atoms with Gasteiger partial charge in [-0.25, -0.2) is 0 Å². The first-order chi connectivity index (χ1) is 8.37. The lowest BCUT2D eigenvalue weighted by Crippen LogP contribution is -2.39. The second-order valence-electron chi connectivity index (χ2n) is 3.50. The van der Waals surface area contributed by atoms with Crippen LogP contribution in [-0.2, 0) is 0 Å². The maximum absolute atomic E-state index is 12.3.